The van der Waals surface area contributed by atoms with Crippen LogP contribution in [0.25, 0.3) is 0 Å². The molecular weight excluding hydrogens is 445 g/mol. The molecule has 0 bridgehead atoms. The van der Waals surface area contributed by atoms with Crippen LogP contribution < -0.4 is 20.3 Å². The van der Waals surface area contributed by atoms with Gasteiger partial charge < -0.3 is 20.1 Å². The summed E-state index contributed by atoms with van der Waals surface area (Å²) < 4.78 is 25.1. The van der Waals surface area contributed by atoms with Crippen molar-refractivity contribution in [3.8, 4) is 11.9 Å². The zero-order chi connectivity index (χ0) is 23.8. The molecule has 1 aliphatic carbocycles. The van der Waals surface area contributed by atoms with Crippen LogP contribution in [-0.2, 0) is 22.4 Å². The van der Waals surface area contributed by atoms with Crippen molar-refractivity contribution >= 4 is 23.6 Å². The van der Waals surface area contributed by atoms with E-state index in [0.29, 0.717) is 55.7 Å². The first-order valence-electron chi connectivity index (χ1n) is 11.0. The molecule has 1 saturated heterocycles. The van der Waals surface area contributed by atoms with Crippen molar-refractivity contribution < 1.29 is 23.5 Å². The number of ether oxygens (including phenoxy) is 2. The van der Waals surface area contributed by atoms with Gasteiger partial charge >= 0.3 is 6.09 Å². The first-order chi connectivity index (χ1) is 16.4. The fourth-order valence-electron chi connectivity index (χ4n) is 4.51. The van der Waals surface area contributed by atoms with Gasteiger partial charge in [0.2, 0.25) is 0 Å². The summed E-state index contributed by atoms with van der Waals surface area (Å²) in [6.07, 6.45) is 2.30. The SMILES string of the molecule is Cc1nc(C#N)c2c(c1F)CC(CNCCC1CN(c3cnc4c(n3)NC(=O)CO4)C(=O)O1)C2. The average Bonchev–Trinajstić information content (AvgIpc) is 3.42. The third-order valence-electron chi connectivity index (χ3n) is 6.15. The van der Waals surface area contributed by atoms with Gasteiger partial charge in [0.05, 0.1) is 18.4 Å². The summed E-state index contributed by atoms with van der Waals surface area (Å²) in [7, 11) is 0. The summed E-state index contributed by atoms with van der Waals surface area (Å²) in [4.78, 5) is 37.6. The fraction of sp³-hybridized carbons (Fsp3) is 0.455. The maximum atomic E-state index is 14.4. The first-order valence-corrected chi connectivity index (χ1v) is 11.0. The normalized spacial score (nSPS) is 20.8. The number of anilines is 2. The zero-order valence-electron chi connectivity index (χ0n) is 18.4. The van der Waals surface area contributed by atoms with Gasteiger partial charge in [-0.25, -0.2) is 24.1 Å². The molecule has 0 spiro atoms. The zero-order valence-corrected chi connectivity index (χ0v) is 18.4. The number of fused-ring (bicyclic) bond motifs is 2. The molecule has 2 N–H and O–H groups in total. The van der Waals surface area contributed by atoms with E-state index in [0.717, 1.165) is 0 Å². The number of pyridine rings is 1. The second kappa shape index (κ2) is 8.83. The van der Waals surface area contributed by atoms with Gasteiger partial charge in [0.15, 0.2) is 18.2 Å². The molecule has 34 heavy (non-hydrogen) atoms. The highest BCUT2D eigenvalue weighted by atomic mass is 19.1. The predicted molar refractivity (Wildman–Crippen MR) is 116 cm³/mol. The highest BCUT2D eigenvalue weighted by Crippen LogP contribution is 2.32. The van der Waals surface area contributed by atoms with Gasteiger partial charge in [0.25, 0.3) is 11.8 Å². The van der Waals surface area contributed by atoms with Crippen LogP contribution in [0.3, 0.4) is 0 Å². The molecule has 176 valence electrons. The summed E-state index contributed by atoms with van der Waals surface area (Å²) in [5.74, 6) is 0.171. The Labute approximate surface area is 194 Å². The number of nitrogens with zero attached hydrogens (tertiary/aromatic N) is 5. The lowest BCUT2D eigenvalue weighted by Gasteiger charge is -2.18. The Bertz CT molecular complexity index is 1210. The maximum absolute atomic E-state index is 14.4. The summed E-state index contributed by atoms with van der Waals surface area (Å²) in [5, 5.41) is 15.2. The molecule has 2 amide bonds. The average molecular weight is 467 g/mol. The number of nitrogens with one attached hydrogen (secondary N) is 2. The number of hydrogen-bond acceptors (Lipinski definition) is 9. The molecule has 11 nitrogen and oxygen atoms in total. The number of carbonyl (C=O) groups excluding carboxylic acids is 2. The van der Waals surface area contributed by atoms with E-state index in [2.05, 4.69) is 31.7 Å². The predicted octanol–water partition coefficient (Wildman–Crippen LogP) is 1.24. The molecule has 5 rings (SSSR count). The Morgan fingerprint density at radius 1 is 1.32 bits per heavy atom. The number of halogens is 1. The third kappa shape index (κ3) is 4.10. The molecule has 1 fully saturated rings. The number of carbonyl (C=O) groups is 2. The molecule has 2 atom stereocenters. The van der Waals surface area contributed by atoms with Gasteiger partial charge in [-0.1, -0.05) is 0 Å². The van der Waals surface area contributed by atoms with Gasteiger partial charge in [0, 0.05) is 0 Å². The minimum absolute atomic E-state index is 0.125. The molecule has 2 aromatic heterocycles. The summed E-state index contributed by atoms with van der Waals surface area (Å²) >= 11 is 0. The molecule has 3 aliphatic rings. The Morgan fingerprint density at radius 2 is 2.15 bits per heavy atom. The van der Waals surface area contributed by atoms with Crippen molar-refractivity contribution in [1.82, 2.24) is 20.3 Å². The van der Waals surface area contributed by atoms with Crippen LogP contribution in [0.15, 0.2) is 6.20 Å². The Kier molecular flexibility index (Phi) is 5.70. The van der Waals surface area contributed by atoms with E-state index < -0.39 is 6.09 Å². The van der Waals surface area contributed by atoms with Crippen LogP contribution in [0.4, 0.5) is 20.8 Å². The molecule has 4 heterocycles. The van der Waals surface area contributed by atoms with Crippen LogP contribution in [0, 0.1) is 30.0 Å². The molecule has 2 unspecified atom stereocenters. The van der Waals surface area contributed by atoms with Gasteiger partial charge in [-0.15, -0.1) is 0 Å². The number of aromatic nitrogens is 3. The van der Waals surface area contributed by atoms with E-state index >= 15 is 0 Å². The minimum Gasteiger partial charge on any atom is -0.465 e. The third-order valence-corrected chi connectivity index (χ3v) is 6.15. The van der Waals surface area contributed by atoms with Crippen molar-refractivity contribution in [2.24, 2.45) is 5.92 Å². The van der Waals surface area contributed by atoms with E-state index in [9.17, 15) is 19.2 Å². The van der Waals surface area contributed by atoms with Crippen LogP contribution in [0.2, 0.25) is 0 Å². The second-order valence-corrected chi connectivity index (χ2v) is 8.53. The summed E-state index contributed by atoms with van der Waals surface area (Å²) in [6, 6.07) is 2.07. The standard InChI is InChI=1S/C22H22FN7O4/c1-11-19(23)15-5-12(4-14(15)16(6-24)27-11)7-25-3-2-13-9-30(22(32)34-13)17-8-26-21-20(28-17)29-18(31)10-33-21/h8,12-13,25H,2-5,7,9-10H2,1H3,(H,28,29,31). The van der Waals surface area contributed by atoms with E-state index in [1.165, 1.54) is 11.1 Å². The minimum atomic E-state index is -0.532. The Balaban J connectivity index is 1.12. The number of aryl methyl sites for hydroxylation is 1. The van der Waals surface area contributed by atoms with Gasteiger partial charge in [-0.2, -0.15) is 5.26 Å². The monoisotopic (exact) mass is 467 g/mol. The van der Waals surface area contributed by atoms with Crippen LogP contribution >= 0.6 is 0 Å². The Morgan fingerprint density at radius 3 is 2.97 bits per heavy atom. The highest BCUT2D eigenvalue weighted by molar-refractivity contribution is 5.94. The van der Waals surface area contributed by atoms with Crippen molar-refractivity contribution in [3.63, 3.8) is 0 Å². The summed E-state index contributed by atoms with van der Waals surface area (Å²) in [5.41, 5.74) is 1.88. The molecule has 2 aromatic rings. The lowest BCUT2D eigenvalue weighted by Crippen LogP contribution is -2.30. The number of rotatable bonds is 6. The highest BCUT2D eigenvalue weighted by Gasteiger charge is 2.34. The van der Waals surface area contributed by atoms with E-state index in [1.807, 2.05) is 0 Å². The first kappa shape index (κ1) is 22.0. The van der Waals surface area contributed by atoms with Gasteiger partial charge in [-0.05, 0) is 56.3 Å². The van der Waals surface area contributed by atoms with Crippen molar-refractivity contribution in [3.05, 3.63) is 34.5 Å². The number of cyclic esters (lactones) is 1. The largest absolute Gasteiger partial charge is 0.465 e. The van der Waals surface area contributed by atoms with Crippen LogP contribution in [0.1, 0.15) is 28.9 Å². The van der Waals surface area contributed by atoms with Crippen molar-refractivity contribution in [2.45, 2.75) is 32.3 Å². The van der Waals surface area contributed by atoms with Crippen LogP contribution in [0.5, 0.6) is 5.88 Å². The molecule has 0 saturated carbocycles. The smallest absolute Gasteiger partial charge is 0.415 e. The van der Waals surface area contributed by atoms with Gasteiger partial charge in [-0.3, -0.25) is 9.69 Å². The lowest BCUT2D eigenvalue weighted by atomic mass is 10.1. The van der Waals surface area contributed by atoms with E-state index in [4.69, 9.17) is 9.47 Å². The van der Waals surface area contributed by atoms with Gasteiger partial charge in [0.1, 0.15) is 23.7 Å². The van der Waals surface area contributed by atoms with Crippen molar-refractivity contribution in [2.75, 3.05) is 36.5 Å². The van der Waals surface area contributed by atoms with Crippen LogP contribution in [-0.4, -0.2) is 59.3 Å². The second-order valence-electron chi connectivity index (χ2n) is 8.53. The Hall–Kier alpha value is -3.85. The van der Waals surface area contributed by atoms with E-state index in [1.54, 1.807) is 6.92 Å². The molecule has 0 aromatic carbocycles. The van der Waals surface area contributed by atoms with Crippen molar-refractivity contribution in [1.29, 1.82) is 5.26 Å². The topological polar surface area (TPSA) is 142 Å². The number of nitriles is 1. The number of hydrogen-bond donors (Lipinski definition) is 2. The molecular formula is C22H22FN7O4. The fourth-order valence-corrected chi connectivity index (χ4v) is 4.51. The van der Waals surface area contributed by atoms with E-state index in [-0.39, 0.29) is 53.6 Å². The summed E-state index contributed by atoms with van der Waals surface area (Å²) in [6.45, 7) is 3.01. The quantitative estimate of drug-likeness (QED) is 0.600. The maximum Gasteiger partial charge on any atom is 0.415 e. The lowest BCUT2D eigenvalue weighted by molar-refractivity contribution is -0.118. The number of amides is 2. The molecule has 12 heteroatoms. The molecule has 0 radical (unpaired) electrons. The molecule has 2 aliphatic heterocycles.